The first kappa shape index (κ1) is 18.3. The van der Waals surface area contributed by atoms with E-state index in [1.165, 1.54) is 23.1 Å². The molecule has 0 radical (unpaired) electrons. The van der Waals surface area contributed by atoms with Gasteiger partial charge in [-0.2, -0.15) is 0 Å². The van der Waals surface area contributed by atoms with Gasteiger partial charge in [0.1, 0.15) is 12.4 Å². The molecule has 0 unspecified atom stereocenters. The van der Waals surface area contributed by atoms with Crippen LogP contribution < -0.4 is 4.74 Å². The molecule has 0 N–H and O–H groups in total. The van der Waals surface area contributed by atoms with E-state index >= 15 is 0 Å². The van der Waals surface area contributed by atoms with Crippen molar-refractivity contribution in [1.29, 1.82) is 0 Å². The van der Waals surface area contributed by atoms with Crippen LogP contribution in [-0.2, 0) is 23.2 Å². The second kappa shape index (κ2) is 7.25. The number of hydrogen-bond donors (Lipinski definition) is 0. The van der Waals surface area contributed by atoms with Gasteiger partial charge in [-0.1, -0.05) is 42.5 Å². The zero-order valence-corrected chi connectivity index (χ0v) is 16.9. The van der Waals surface area contributed by atoms with Crippen molar-refractivity contribution in [3.05, 3.63) is 76.9 Å². The van der Waals surface area contributed by atoms with E-state index in [0.717, 1.165) is 43.5 Å². The number of allylic oxidation sites excluding steroid dienone is 1. The van der Waals surface area contributed by atoms with Gasteiger partial charge >= 0.3 is 6.09 Å². The summed E-state index contributed by atoms with van der Waals surface area (Å²) in [5.41, 5.74) is 5.26. The Labute approximate surface area is 172 Å². The Bertz CT molecular complexity index is 952. The molecule has 2 aliphatic carbocycles. The van der Waals surface area contributed by atoms with Crippen LogP contribution in [0.3, 0.4) is 0 Å². The van der Waals surface area contributed by atoms with E-state index in [4.69, 9.17) is 9.47 Å². The monoisotopic (exact) mass is 389 g/mol. The molecule has 0 saturated carbocycles. The number of fused-ring (bicyclic) bond motifs is 1. The van der Waals surface area contributed by atoms with Crippen LogP contribution in [-0.4, -0.2) is 30.7 Å². The Hall–Kier alpha value is -2.75. The highest BCUT2D eigenvalue weighted by Gasteiger charge is 2.51. The van der Waals surface area contributed by atoms with Gasteiger partial charge in [0.2, 0.25) is 0 Å². The quantitative estimate of drug-likeness (QED) is 0.693. The largest absolute Gasteiger partial charge is 0.497 e. The molecule has 3 aliphatic rings. The summed E-state index contributed by atoms with van der Waals surface area (Å²) in [6.45, 7) is 1.06. The molecular formula is C25H27NO3. The van der Waals surface area contributed by atoms with Gasteiger partial charge in [-0.3, -0.25) is 0 Å². The van der Waals surface area contributed by atoms with Crippen LogP contribution in [0.5, 0.6) is 5.75 Å². The Morgan fingerprint density at radius 3 is 2.86 bits per heavy atom. The lowest BCUT2D eigenvalue weighted by Gasteiger charge is -2.54. The van der Waals surface area contributed by atoms with Crippen LogP contribution in [0.25, 0.3) is 0 Å². The van der Waals surface area contributed by atoms with E-state index in [0.29, 0.717) is 6.61 Å². The van der Waals surface area contributed by atoms with Crippen molar-refractivity contribution in [2.75, 3.05) is 13.7 Å². The smallest absolute Gasteiger partial charge is 0.410 e. The third-order valence-electron chi connectivity index (χ3n) is 6.92. The number of methoxy groups -OCH3 is 1. The minimum atomic E-state index is -0.198. The van der Waals surface area contributed by atoms with Crippen LogP contribution in [0, 0.1) is 0 Å². The number of likely N-dealkylation sites (tertiary alicyclic amines) is 1. The van der Waals surface area contributed by atoms with Gasteiger partial charge in [-0.05, 0) is 66.5 Å². The molecule has 1 aliphatic heterocycles. The molecule has 0 aromatic heterocycles. The summed E-state index contributed by atoms with van der Waals surface area (Å²) in [6.07, 6.45) is 7.46. The van der Waals surface area contributed by atoms with Gasteiger partial charge in [0.05, 0.1) is 13.2 Å². The predicted molar refractivity (Wildman–Crippen MR) is 112 cm³/mol. The second-order valence-corrected chi connectivity index (χ2v) is 8.36. The summed E-state index contributed by atoms with van der Waals surface area (Å²) >= 11 is 0. The van der Waals surface area contributed by atoms with Crippen molar-refractivity contribution >= 4 is 6.09 Å². The molecule has 2 aromatic carbocycles. The van der Waals surface area contributed by atoms with Crippen molar-refractivity contribution < 1.29 is 14.3 Å². The Morgan fingerprint density at radius 2 is 2.03 bits per heavy atom. The number of hydrogen-bond acceptors (Lipinski definition) is 3. The molecule has 0 spiro atoms. The molecule has 150 valence electrons. The Balaban J connectivity index is 1.44. The fourth-order valence-electron chi connectivity index (χ4n) is 5.54. The third-order valence-corrected chi connectivity index (χ3v) is 6.92. The number of piperidine rings is 1. The fourth-order valence-corrected chi connectivity index (χ4v) is 5.54. The maximum absolute atomic E-state index is 13.0. The Kier molecular flexibility index (Phi) is 4.57. The second-order valence-electron chi connectivity index (χ2n) is 8.36. The van der Waals surface area contributed by atoms with Crippen LogP contribution in [0.15, 0.2) is 60.2 Å². The zero-order valence-electron chi connectivity index (χ0n) is 16.9. The average molecular weight is 389 g/mol. The lowest BCUT2D eigenvalue weighted by molar-refractivity contribution is 0.0645. The predicted octanol–water partition coefficient (Wildman–Crippen LogP) is 5.01. The molecule has 4 nitrogen and oxygen atoms in total. The number of amides is 1. The summed E-state index contributed by atoms with van der Waals surface area (Å²) < 4.78 is 11.2. The molecule has 5 rings (SSSR count). The van der Waals surface area contributed by atoms with Gasteiger partial charge in [0.15, 0.2) is 0 Å². The molecule has 1 fully saturated rings. The van der Waals surface area contributed by atoms with Crippen molar-refractivity contribution in [2.24, 2.45) is 0 Å². The van der Waals surface area contributed by atoms with Crippen molar-refractivity contribution in [2.45, 2.75) is 50.2 Å². The molecule has 2 bridgehead atoms. The summed E-state index contributed by atoms with van der Waals surface area (Å²) in [5, 5.41) is 0. The van der Waals surface area contributed by atoms with E-state index in [2.05, 4.69) is 18.2 Å². The molecule has 2 atom stereocenters. The maximum atomic E-state index is 13.0. The number of rotatable bonds is 3. The van der Waals surface area contributed by atoms with E-state index in [9.17, 15) is 4.79 Å². The van der Waals surface area contributed by atoms with Gasteiger partial charge in [-0.15, -0.1) is 0 Å². The molecule has 29 heavy (non-hydrogen) atoms. The van der Waals surface area contributed by atoms with Crippen LogP contribution in [0.1, 0.15) is 42.4 Å². The molecule has 4 heteroatoms. The zero-order chi connectivity index (χ0) is 19.8. The number of benzene rings is 2. The minimum absolute atomic E-state index is 0.0568. The van der Waals surface area contributed by atoms with Crippen LogP contribution in [0.4, 0.5) is 4.79 Å². The molecular weight excluding hydrogens is 362 g/mol. The molecule has 1 amide bonds. The third kappa shape index (κ3) is 3.02. The van der Waals surface area contributed by atoms with E-state index in [-0.39, 0.29) is 17.6 Å². The van der Waals surface area contributed by atoms with Crippen molar-refractivity contribution in [3.8, 4) is 5.75 Å². The maximum Gasteiger partial charge on any atom is 0.410 e. The van der Waals surface area contributed by atoms with Crippen molar-refractivity contribution in [3.63, 3.8) is 0 Å². The lowest BCUT2D eigenvalue weighted by atomic mass is 9.57. The van der Waals surface area contributed by atoms with Crippen LogP contribution in [0.2, 0.25) is 0 Å². The number of ether oxygens (including phenoxy) is 2. The van der Waals surface area contributed by atoms with Crippen molar-refractivity contribution in [1.82, 2.24) is 4.90 Å². The highest BCUT2D eigenvalue weighted by Crippen LogP contribution is 2.54. The van der Waals surface area contributed by atoms with E-state index in [1.54, 1.807) is 7.11 Å². The van der Waals surface area contributed by atoms with Gasteiger partial charge in [0, 0.05) is 12.0 Å². The first-order chi connectivity index (χ1) is 14.2. The average Bonchev–Trinajstić information content (AvgIpc) is 2.78. The van der Waals surface area contributed by atoms with Gasteiger partial charge in [0.25, 0.3) is 0 Å². The van der Waals surface area contributed by atoms with Gasteiger partial charge < -0.3 is 14.4 Å². The first-order valence-corrected chi connectivity index (χ1v) is 10.6. The number of carbonyl (C=O) groups excluding carboxylic acids is 1. The number of nitrogens with zero attached hydrogens (tertiary/aromatic N) is 1. The van der Waals surface area contributed by atoms with E-state index in [1.807, 2.05) is 41.3 Å². The normalized spacial score (nSPS) is 24.8. The summed E-state index contributed by atoms with van der Waals surface area (Å²) in [7, 11) is 1.73. The SMILES string of the molecule is COc1ccc2c(c1)[C@@]13CCCC=C1[C@@H](C2)N(C(=O)OCc1ccccc1)CC3. The first-order valence-electron chi connectivity index (χ1n) is 10.6. The molecule has 1 heterocycles. The highest BCUT2D eigenvalue weighted by molar-refractivity contribution is 5.70. The van der Waals surface area contributed by atoms with Crippen LogP contribution >= 0.6 is 0 Å². The Morgan fingerprint density at radius 1 is 1.17 bits per heavy atom. The number of carbonyl (C=O) groups is 1. The highest BCUT2D eigenvalue weighted by atomic mass is 16.6. The summed E-state index contributed by atoms with van der Waals surface area (Å²) in [4.78, 5) is 15.0. The lowest BCUT2D eigenvalue weighted by Crippen LogP contribution is -2.57. The summed E-state index contributed by atoms with van der Waals surface area (Å²) in [5.74, 6) is 0.922. The fraction of sp³-hybridized carbons (Fsp3) is 0.400. The van der Waals surface area contributed by atoms with E-state index < -0.39 is 0 Å². The summed E-state index contributed by atoms with van der Waals surface area (Å²) in [6, 6.07) is 16.5. The molecule has 2 aromatic rings. The minimum Gasteiger partial charge on any atom is -0.497 e. The standard InChI is InChI=1S/C25H27NO3/c1-28-20-11-10-19-15-23-21-9-5-6-12-25(21,22(19)16-20)13-14-26(23)24(27)29-17-18-7-3-2-4-8-18/h2-4,7-11,16,23H,5-6,12-15,17H2,1H3/t23-,25-/m1/s1. The molecule has 1 saturated heterocycles. The topological polar surface area (TPSA) is 38.8 Å². The van der Waals surface area contributed by atoms with Gasteiger partial charge in [-0.25, -0.2) is 4.79 Å².